The quantitative estimate of drug-likeness (QED) is 0.441. The van der Waals surface area contributed by atoms with E-state index in [0.29, 0.717) is 32.0 Å². The summed E-state index contributed by atoms with van der Waals surface area (Å²) in [5.41, 5.74) is 0.910. The molecule has 3 aromatic rings. The fraction of sp³-hybridized carbons (Fsp3) is 0.167. The molecule has 0 bridgehead atoms. The minimum atomic E-state index is -0.135. The van der Waals surface area contributed by atoms with E-state index in [2.05, 4.69) is 30.5 Å². The Morgan fingerprint density at radius 3 is 1.68 bits per heavy atom. The van der Waals surface area contributed by atoms with Crippen LogP contribution in [0.5, 0.6) is 0 Å². The van der Waals surface area contributed by atoms with Crippen molar-refractivity contribution in [1.29, 1.82) is 10.5 Å². The standard InChI is InChI=1S/C24H16N4/c1-24(2,3)15-10-11-18-19(12-15)23(21(14-26)28-5)17-9-7-6-8-16(17)22(18)20(13-25)27-4/h6-12H,1-3H3/b22-20-,23-21-. The lowest BCUT2D eigenvalue weighted by atomic mass is 9.84. The molecule has 132 valence electrons. The van der Waals surface area contributed by atoms with Crippen LogP contribution in [0.1, 0.15) is 26.3 Å². The van der Waals surface area contributed by atoms with Gasteiger partial charge in [0.25, 0.3) is 11.4 Å². The minimum absolute atomic E-state index is 0.000120. The van der Waals surface area contributed by atoms with Crippen molar-refractivity contribution >= 4 is 32.9 Å². The van der Waals surface area contributed by atoms with E-state index in [0.717, 1.165) is 5.56 Å². The van der Waals surface area contributed by atoms with E-state index in [1.807, 2.05) is 54.6 Å². The molecule has 0 saturated carbocycles. The zero-order chi connectivity index (χ0) is 20.5. The van der Waals surface area contributed by atoms with Crippen molar-refractivity contribution in [2.75, 3.05) is 0 Å². The van der Waals surface area contributed by atoms with Gasteiger partial charge in [-0.3, -0.25) is 0 Å². The third-order valence-corrected chi connectivity index (χ3v) is 4.80. The van der Waals surface area contributed by atoms with Crippen LogP contribution in [0.15, 0.2) is 42.5 Å². The molecule has 0 N–H and O–H groups in total. The van der Waals surface area contributed by atoms with E-state index in [-0.39, 0.29) is 16.8 Å². The van der Waals surface area contributed by atoms with Crippen LogP contribution < -0.4 is 10.4 Å². The lowest BCUT2D eigenvalue weighted by Gasteiger charge is -2.20. The minimum Gasteiger partial charge on any atom is -0.226 e. The molecular formula is C24H16N4. The molecular weight excluding hydrogens is 344 g/mol. The molecule has 4 heteroatoms. The Bertz CT molecular complexity index is 1390. The number of hydrogen-bond acceptors (Lipinski definition) is 2. The Labute approximate surface area is 163 Å². The van der Waals surface area contributed by atoms with Crippen LogP contribution in [0.2, 0.25) is 0 Å². The van der Waals surface area contributed by atoms with Crippen molar-refractivity contribution in [3.63, 3.8) is 0 Å². The molecule has 0 heterocycles. The summed E-state index contributed by atoms with van der Waals surface area (Å²) < 4.78 is 0. The predicted octanol–water partition coefficient (Wildman–Crippen LogP) is 4.39. The predicted molar refractivity (Wildman–Crippen MR) is 111 cm³/mol. The van der Waals surface area contributed by atoms with Gasteiger partial charge in [-0.05, 0) is 32.5 Å². The zero-order valence-corrected chi connectivity index (χ0v) is 15.8. The molecule has 3 aromatic carbocycles. The van der Waals surface area contributed by atoms with Gasteiger partial charge in [0.2, 0.25) is 0 Å². The van der Waals surface area contributed by atoms with Gasteiger partial charge >= 0.3 is 0 Å². The monoisotopic (exact) mass is 360 g/mol. The molecule has 0 amide bonds. The van der Waals surface area contributed by atoms with Crippen LogP contribution in [0, 0.1) is 35.8 Å². The fourth-order valence-corrected chi connectivity index (χ4v) is 3.43. The molecule has 0 aliphatic carbocycles. The Morgan fingerprint density at radius 2 is 1.25 bits per heavy atom. The molecule has 28 heavy (non-hydrogen) atoms. The van der Waals surface area contributed by atoms with Gasteiger partial charge in [-0.25, -0.2) is 20.2 Å². The fourth-order valence-electron chi connectivity index (χ4n) is 3.43. The molecule has 0 atom stereocenters. The van der Waals surface area contributed by atoms with Crippen molar-refractivity contribution in [2.45, 2.75) is 26.2 Å². The summed E-state index contributed by atoms with van der Waals surface area (Å²) in [7, 11) is 0. The van der Waals surface area contributed by atoms with Crippen LogP contribution in [0.25, 0.3) is 42.6 Å². The maximum absolute atomic E-state index is 9.59. The van der Waals surface area contributed by atoms with E-state index < -0.39 is 0 Å². The maximum atomic E-state index is 9.59. The molecule has 0 saturated heterocycles. The Kier molecular flexibility index (Phi) is 4.59. The van der Waals surface area contributed by atoms with Gasteiger partial charge in [0.15, 0.2) is 0 Å². The number of fused-ring (bicyclic) bond motifs is 2. The van der Waals surface area contributed by atoms with Crippen molar-refractivity contribution in [3.8, 4) is 12.1 Å². The zero-order valence-electron chi connectivity index (χ0n) is 15.8. The second-order valence-corrected chi connectivity index (χ2v) is 7.45. The molecule has 0 aromatic heterocycles. The van der Waals surface area contributed by atoms with Crippen LogP contribution >= 0.6 is 0 Å². The van der Waals surface area contributed by atoms with Gasteiger partial charge in [0.1, 0.15) is 0 Å². The van der Waals surface area contributed by atoms with E-state index in [9.17, 15) is 10.5 Å². The smallest absolute Gasteiger partial charge is 0.226 e. The van der Waals surface area contributed by atoms with Crippen molar-refractivity contribution in [1.82, 2.24) is 0 Å². The average Bonchev–Trinajstić information content (AvgIpc) is 2.69. The molecule has 3 rings (SSSR count). The number of nitriles is 2. The van der Waals surface area contributed by atoms with Gasteiger partial charge in [-0.1, -0.05) is 63.2 Å². The molecule has 4 nitrogen and oxygen atoms in total. The molecule has 0 spiro atoms. The Balaban J connectivity index is 2.89. The number of benzene rings is 3. The van der Waals surface area contributed by atoms with Crippen molar-refractivity contribution in [3.05, 3.63) is 81.3 Å². The second-order valence-electron chi connectivity index (χ2n) is 7.45. The highest BCUT2D eigenvalue weighted by Crippen LogP contribution is 2.26. The highest BCUT2D eigenvalue weighted by atomic mass is 14.7. The first kappa shape index (κ1) is 18.7. The summed E-state index contributed by atoms with van der Waals surface area (Å²) in [6.07, 6.45) is 0. The van der Waals surface area contributed by atoms with Crippen molar-refractivity contribution < 1.29 is 0 Å². The van der Waals surface area contributed by atoms with Crippen molar-refractivity contribution in [2.24, 2.45) is 0 Å². The summed E-state index contributed by atoms with van der Waals surface area (Å²) >= 11 is 0. The van der Waals surface area contributed by atoms with Crippen LogP contribution in [0.4, 0.5) is 0 Å². The van der Waals surface area contributed by atoms with E-state index in [4.69, 9.17) is 13.1 Å². The molecule has 0 fully saturated rings. The summed E-state index contributed by atoms with van der Waals surface area (Å²) in [5.74, 6) is 0. The molecule has 0 unspecified atom stereocenters. The summed E-state index contributed by atoms with van der Waals surface area (Å²) in [6.45, 7) is 21.2. The number of hydrogen-bond donors (Lipinski definition) is 0. The van der Waals surface area contributed by atoms with Gasteiger partial charge in [-0.2, -0.15) is 0 Å². The normalized spacial score (nSPS) is 13.1. The molecule has 0 radical (unpaired) electrons. The van der Waals surface area contributed by atoms with E-state index in [1.165, 1.54) is 0 Å². The summed E-state index contributed by atoms with van der Waals surface area (Å²) in [6, 6.07) is 17.2. The van der Waals surface area contributed by atoms with Crippen LogP contribution in [-0.2, 0) is 5.41 Å². The third-order valence-electron chi connectivity index (χ3n) is 4.80. The van der Waals surface area contributed by atoms with Crippen LogP contribution in [-0.4, -0.2) is 0 Å². The first-order valence-corrected chi connectivity index (χ1v) is 8.66. The highest BCUT2D eigenvalue weighted by molar-refractivity contribution is 6.04. The number of nitrogens with zero attached hydrogens (tertiary/aromatic N) is 4. The lowest BCUT2D eigenvalue weighted by molar-refractivity contribution is 0.591. The van der Waals surface area contributed by atoms with Crippen LogP contribution in [0.3, 0.4) is 0 Å². The third kappa shape index (κ3) is 2.85. The van der Waals surface area contributed by atoms with Gasteiger partial charge in [0.05, 0.1) is 25.3 Å². The maximum Gasteiger partial charge on any atom is 0.270 e. The van der Waals surface area contributed by atoms with E-state index in [1.54, 1.807) is 0 Å². The largest absolute Gasteiger partial charge is 0.270 e. The second kappa shape index (κ2) is 6.89. The van der Waals surface area contributed by atoms with Gasteiger partial charge in [-0.15, -0.1) is 0 Å². The topological polar surface area (TPSA) is 56.3 Å². The van der Waals surface area contributed by atoms with E-state index >= 15 is 0 Å². The first-order valence-electron chi connectivity index (χ1n) is 8.66. The van der Waals surface area contributed by atoms with Gasteiger partial charge < -0.3 is 0 Å². The summed E-state index contributed by atoms with van der Waals surface area (Å²) in [4.78, 5) is 6.89. The van der Waals surface area contributed by atoms with Gasteiger partial charge in [0, 0.05) is 10.4 Å². The lowest BCUT2D eigenvalue weighted by Crippen LogP contribution is -2.19. The molecule has 0 aliphatic heterocycles. The molecule has 0 aliphatic rings. The Hall–Kier alpha value is -4.12. The summed E-state index contributed by atoms with van der Waals surface area (Å²) in [5, 5.41) is 23.0. The first-order chi connectivity index (χ1) is 13.4. The Morgan fingerprint density at radius 1 is 0.786 bits per heavy atom. The SMILES string of the molecule is [C-]#[N+]/C(C#N)=c1/c2ccccc2/c(=C(\C#N)[N+]#[C-])c2cc(C(C)(C)C)ccc12. The highest BCUT2D eigenvalue weighted by Gasteiger charge is 2.17. The average molecular weight is 360 g/mol. The number of rotatable bonds is 0.